The van der Waals surface area contributed by atoms with Crippen LogP contribution in [-0.4, -0.2) is 25.7 Å². The monoisotopic (exact) mass is 271 g/mol. The minimum absolute atomic E-state index is 0.00789. The van der Waals surface area contributed by atoms with Crippen LogP contribution < -0.4 is 4.72 Å². The van der Waals surface area contributed by atoms with Gasteiger partial charge in [0, 0.05) is 6.54 Å². The molecular formula is C13H21NO3S. The maximum Gasteiger partial charge on any atom is 0.240 e. The highest BCUT2D eigenvalue weighted by atomic mass is 32.2. The van der Waals surface area contributed by atoms with Gasteiger partial charge in [-0.05, 0) is 38.0 Å². The molecule has 0 spiro atoms. The lowest BCUT2D eigenvalue weighted by Crippen LogP contribution is -2.38. The Morgan fingerprint density at radius 3 is 2.22 bits per heavy atom. The number of nitrogens with one attached hydrogen (secondary N) is 1. The molecule has 1 rings (SSSR count). The van der Waals surface area contributed by atoms with Gasteiger partial charge in [-0.3, -0.25) is 0 Å². The Balaban J connectivity index is 2.79. The number of benzene rings is 1. The minimum atomic E-state index is -3.54. The van der Waals surface area contributed by atoms with E-state index in [4.69, 9.17) is 0 Å². The highest BCUT2D eigenvalue weighted by Crippen LogP contribution is 2.12. The zero-order chi connectivity index (χ0) is 13.8. The smallest absolute Gasteiger partial charge is 0.240 e. The maximum atomic E-state index is 11.9. The van der Waals surface area contributed by atoms with Crippen LogP contribution in [0, 0.1) is 0 Å². The summed E-state index contributed by atoms with van der Waals surface area (Å²) < 4.78 is 26.2. The van der Waals surface area contributed by atoms with Crippen LogP contribution in [0.25, 0.3) is 0 Å². The zero-order valence-corrected chi connectivity index (χ0v) is 11.9. The number of hydrogen-bond acceptors (Lipinski definition) is 3. The van der Waals surface area contributed by atoms with Crippen LogP contribution in [-0.2, 0) is 16.4 Å². The van der Waals surface area contributed by atoms with E-state index in [1.807, 2.05) is 12.1 Å². The van der Waals surface area contributed by atoms with Crippen molar-refractivity contribution in [1.29, 1.82) is 0 Å². The van der Waals surface area contributed by atoms with Gasteiger partial charge in [-0.15, -0.1) is 0 Å². The van der Waals surface area contributed by atoms with Crippen LogP contribution in [0.2, 0.25) is 0 Å². The van der Waals surface area contributed by atoms with Crippen molar-refractivity contribution >= 4 is 10.0 Å². The Kier molecular flexibility index (Phi) is 4.90. The lowest BCUT2D eigenvalue weighted by molar-refractivity contribution is 0.0857. The molecule has 2 N–H and O–H groups in total. The van der Waals surface area contributed by atoms with E-state index in [1.165, 1.54) is 0 Å². The molecule has 0 aliphatic rings. The number of sulfonamides is 1. The summed E-state index contributed by atoms with van der Waals surface area (Å²) in [5.74, 6) is 0. The van der Waals surface area contributed by atoms with Gasteiger partial charge in [0.05, 0.1) is 10.5 Å². The third kappa shape index (κ3) is 4.76. The van der Waals surface area contributed by atoms with Crippen LogP contribution >= 0.6 is 0 Å². The number of rotatable bonds is 6. The molecule has 0 amide bonds. The second kappa shape index (κ2) is 5.82. The van der Waals surface area contributed by atoms with Crippen molar-refractivity contribution in [1.82, 2.24) is 4.72 Å². The summed E-state index contributed by atoms with van der Waals surface area (Å²) in [6.07, 6.45) is 1.97. The molecule has 1 aromatic rings. The summed E-state index contributed by atoms with van der Waals surface area (Å²) in [4.78, 5) is 0.228. The molecule has 0 saturated heterocycles. The molecule has 0 aliphatic heterocycles. The van der Waals surface area contributed by atoms with Gasteiger partial charge in [-0.2, -0.15) is 0 Å². The Labute approximate surface area is 109 Å². The Morgan fingerprint density at radius 1 is 1.22 bits per heavy atom. The highest BCUT2D eigenvalue weighted by Gasteiger charge is 2.19. The van der Waals surface area contributed by atoms with Crippen molar-refractivity contribution in [3.8, 4) is 0 Å². The van der Waals surface area contributed by atoms with Crippen LogP contribution in [0.15, 0.2) is 29.2 Å². The SMILES string of the molecule is CCCc1ccc(S(=O)(=O)NCC(C)(C)O)cc1. The third-order valence-corrected chi connectivity index (χ3v) is 3.88. The Hall–Kier alpha value is -0.910. The normalized spacial score (nSPS) is 12.7. The van der Waals surface area contributed by atoms with Crippen molar-refractivity contribution < 1.29 is 13.5 Å². The average molecular weight is 271 g/mol. The number of aryl methyl sites for hydroxylation is 1. The first-order chi connectivity index (χ1) is 8.24. The highest BCUT2D eigenvalue weighted by molar-refractivity contribution is 7.89. The molecule has 0 bridgehead atoms. The van der Waals surface area contributed by atoms with Crippen molar-refractivity contribution in [3.63, 3.8) is 0 Å². The standard InChI is InChI=1S/C13H21NO3S/c1-4-5-11-6-8-12(9-7-11)18(16,17)14-10-13(2,3)15/h6-9,14-15H,4-5,10H2,1-3H3. The summed E-state index contributed by atoms with van der Waals surface area (Å²) in [7, 11) is -3.54. The van der Waals surface area contributed by atoms with Crippen molar-refractivity contribution in [2.45, 2.75) is 44.1 Å². The first-order valence-electron chi connectivity index (χ1n) is 6.05. The second-order valence-corrected chi connectivity index (χ2v) is 6.80. The largest absolute Gasteiger partial charge is 0.389 e. The van der Waals surface area contributed by atoms with Gasteiger partial charge in [0.2, 0.25) is 10.0 Å². The van der Waals surface area contributed by atoms with Gasteiger partial charge in [0.15, 0.2) is 0 Å². The van der Waals surface area contributed by atoms with Gasteiger partial charge in [0.25, 0.3) is 0 Å². The lowest BCUT2D eigenvalue weighted by Gasteiger charge is -2.17. The molecule has 0 saturated carbocycles. The van der Waals surface area contributed by atoms with Gasteiger partial charge < -0.3 is 5.11 Å². The maximum absolute atomic E-state index is 11.9. The fourth-order valence-corrected chi connectivity index (χ4v) is 2.68. The minimum Gasteiger partial charge on any atom is -0.389 e. The second-order valence-electron chi connectivity index (χ2n) is 5.03. The first-order valence-corrected chi connectivity index (χ1v) is 7.54. The van der Waals surface area contributed by atoms with Crippen LogP contribution in [0.1, 0.15) is 32.8 Å². The van der Waals surface area contributed by atoms with Crippen LogP contribution in [0.3, 0.4) is 0 Å². The van der Waals surface area contributed by atoms with E-state index in [0.29, 0.717) is 0 Å². The summed E-state index contributed by atoms with van der Waals surface area (Å²) in [5.41, 5.74) is 0.0637. The van der Waals surface area contributed by atoms with E-state index in [0.717, 1.165) is 18.4 Å². The molecule has 0 fully saturated rings. The molecule has 4 nitrogen and oxygen atoms in total. The fourth-order valence-electron chi connectivity index (χ4n) is 1.48. The van der Waals surface area contributed by atoms with E-state index < -0.39 is 15.6 Å². The van der Waals surface area contributed by atoms with Crippen molar-refractivity contribution in [3.05, 3.63) is 29.8 Å². The summed E-state index contributed by atoms with van der Waals surface area (Å²) in [6, 6.07) is 6.83. The molecule has 0 aliphatic carbocycles. The summed E-state index contributed by atoms with van der Waals surface area (Å²) in [5, 5.41) is 9.52. The predicted molar refractivity (Wildman–Crippen MR) is 71.9 cm³/mol. The van der Waals surface area contributed by atoms with Gasteiger partial charge in [0.1, 0.15) is 0 Å². The predicted octanol–water partition coefficient (Wildman–Crippen LogP) is 1.69. The molecular weight excluding hydrogens is 250 g/mol. The van der Waals surface area contributed by atoms with E-state index in [1.54, 1.807) is 26.0 Å². The van der Waals surface area contributed by atoms with E-state index in [2.05, 4.69) is 11.6 Å². The summed E-state index contributed by atoms with van der Waals surface area (Å²) in [6.45, 7) is 5.18. The zero-order valence-electron chi connectivity index (χ0n) is 11.1. The van der Waals surface area contributed by atoms with Crippen molar-refractivity contribution in [2.24, 2.45) is 0 Å². The fraction of sp³-hybridized carbons (Fsp3) is 0.538. The van der Waals surface area contributed by atoms with Crippen LogP contribution in [0.4, 0.5) is 0 Å². The van der Waals surface area contributed by atoms with E-state index >= 15 is 0 Å². The van der Waals surface area contributed by atoms with Crippen LogP contribution in [0.5, 0.6) is 0 Å². The van der Waals surface area contributed by atoms with Crippen molar-refractivity contribution in [2.75, 3.05) is 6.54 Å². The Bertz CT molecular complexity index is 472. The first kappa shape index (κ1) is 15.1. The number of hydrogen-bond donors (Lipinski definition) is 2. The topological polar surface area (TPSA) is 66.4 Å². The average Bonchev–Trinajstić information content (AvgIpc) is 2.27. The summed E-state index contributed by atoms with van der Waals surface area (Å²) >= 11 is 0. The molecule has 0 atom stereocenters. The Morgan fingerprint density at radius 2 is 1.78 bits per heavy atom. The molecule has 0 aromatic heterocycles. The van der Waals surface area contributed by atoms with E-state index in [9.17, 15) is 13.5 Å². The molecule has 5 heteroatoms. The quantitative estimate of drug-likeness (QED) is 0.827. The van der Waals surface area contributed by atoms with Gasteiger partial charge in [-0.25, -0.2) is 13.1 Å². The molecule has 0 unspecified atom stereocenters. The number of aliphatic hydroxyl groups is 1. The van der Waals surface area contributed by atoms with Gasteiger partial charge >= 0.3 is 0 Å². The molecule has 18 heavy (non-hydrogen) atoms. The van der Waals surface area contributed by atoms with Gasteiger partial charge in [-0.1, -0.05) is 25.5 Å². The molecule has 0 heterocycles. The molecule has 102 valence electrons. The molecule has 0 radical (unpaired) electrons. The van der Waals surface area contributed by atoms with E-state index in [-0.39, 0.29) is 11.4 Å². The molecule has 1 aromatic carbocycles. The third-order valence-electron chi connectivity index (χ3n) is 2.47. The lowest BCUT2D eigenvalue weighted by atomic mass is 10.1.